The molecule has 0 unspecified atom stereocenters. The SMILES string of the molecule is C=CCOc1c(Cl)cc(C(C)(C)c2cc(Cl)c(OC(CC)(CC)CCCOc3c(Cl)cc(C(C)(C)c4cc(C)c(OC(CC)(CC)CC=C)c(Cl)c4)cc3Cl)c(Cl)c2)cc1Cl. The molecule has 11 heteroatoms. The molecule has 0 radical (unpaired) electrons. The molecule has 0 aliphatic heterocycles. The molecule has 0 aromatic heterocycles. The minimum atomic E-state index is -0.563. The molecule has 0 saturated heterocycles. The van der Waals surface area contributed by atoms with E-state index in [0.29, 0.717) is 77.6 Å². The Balaban J connectivity index is 1.48. The molecule has 0 fully saturated rings. The van der Waals surface area contributed by atoms with Gasteiger partial charge in [-0.2, -0.15) is 0 Å². The van der Waals surface area contributed by atoms with Crippen molar-refractivity contribution in [1.82, 2.24) is 0 Å². The predicted octanol–water partition coefficient (Wildman–Crippen LogP) is 18.1. The van der Waals surface area contributed by atoms with Gasteiger partial charge in [0.2, 0.25) is 0 Å². The molecule has 0 spiro atoms. The van der Waals surface area contributed by atoms with Crippen LogP contribution in [0, 0.1) is 6.92 Å². The predicted molar refractivity (Wildman–Crippen MR) is 263 cm³/mol. The second kappa shape index (κ2) is 21.5. The van der Waals surface area contributed by atoms with Crippen molar-refractivity contribution in [2.45, 2.75) is 129 Å². The van der Waals surface area contributed by atoms with Crippen molar-refractivity contribution in [1.29, 1.82) is 0 Å². The quantitative estimate of drug-likeness (QED) is 0.0581. The van der Waals surface area contributed by atoms with Crippen LogP contribution < -0.4 is 18.9 Å². The summed E-state index contributed by atoms with van der Waals surface area (Å²) >= 11 is 47.8. The second-order valence-electron chi connectivity index (χ2n) is 16.7. The summed E-state index contributed by atoms with van der Waals surface area (Å²) in [6.45, 7) is 27.1. The minimum Gasteiger partial charge on any atom is -0.490 e. The van der Waals surface area contributed by atoms with Crippen LogP contribution in [0.3, 0.4) is 0 Å². The number of rotatable bonds is 22. The zero-order valence-electron chi connectivity index (χ0n) is 36.8. The lowest BCUT2D eigenvalue weighted by Gasteiger charge is -2.34. The average molecular weight is 972 g/mol. The second-order valence-corrected chi connectivity index (χ2v) is 19.5. The van der Waals surface area contributed by atoms with Gasteiger partial charge in [-0.3, -0.25) is 0 Å². The summed E-state index contributed by atoms with van der Waals surface area (Å²) < 4.78 is 25.3. The Bertz CT molecular complexity index is 2090. The normalized spacial score (nSPS) is 12.3. The van der Waals surface area contributed by atoms with Gasteiger partial charge in [0.05, 0.1) is 41.8 Å². The summed E-state index contributed by atoms with van der Waals surface area (Å²) in [5, 5.41) is 3.03. The van der Waals surface area contributed by atoms with E-state index in [1.807, 2.05) is 55.5 Å². The fraction of sp³-hybridized carbons (Fsp3) is 0.440. The van der Waals surface area contributed by atoms with E-state index < -0.39 is 16.4 Å². The topological polar surface area (TPSA) is 36.9 Å². The first-order chi connectivity index (χ1) is 28.7. The van der Waals surface area contributed by atoms with E-state index in [-0.39, 0.29) is 12.2 Å². The monoisotopic (exact) mass is 968 g/mol. The molecular formula is C50H59Cl7O4. The number of aryl methyl sites for hydroxylation is 1. The summed E-state index contributed by atoms with van der Waals surface area (Å²) in [5.74, 6) is 1.97. The summed E-state index contributed by atoms with van der Waals surface area (Å²) in [5.41, 5.74) is 2.66. The molecule has 0 saturated carbocycles. The third-order valence-electron chi connectivity index (χ3n) is 12.2. The van der Waals surface area contributed by atoms with Gasteiger partial charge in [0.15, 0.2) is 17.2 Å². The first kappa shape index (κ1) is 51.2. The molecule has 0 N–H and O–H groups in total. The van der Waals surface area contributed by atoms with Gasteiger partial charge < -0.3 is 18.9 Å². The maximum atomic E-state index is 6.96. The lowest BCUT2D eigenvalue weighted by Crippen LogP contribution is -2.35. The Morgan fingerprint density at radius 1 is 0.492 bits per heavy atom. The van der Waals surface area contributed by atoms with E-state index in [4.69, 9.17) is 100 Å². The zero-order valence-corrected chi connectivity index (χ0v) is 42.1. The van der Waals surface area contributed by atoms with Gasteiger partial charge in [0.1, 0.15) is 23.6 Å². The molecule has 0 atom stereocenters. The Morgan fingerprint density at radius 3 is 1.23 bits per heavy atom. The van der Waals surface area contributed by atoms with Crippen LogP contribution in [0.1, 0.15) is 128 Å². The van der Waals surface area contributed by atoms with Crippen LogP contribution in [-0.2, 0) is 10.8 Å². The zero-order chi connectivity index (χ0) is 45.5. The maximum absolute atomic E-state index is 6.96. The maximum Gasteiger partial charge on any atom is 0.157 e. The molecule has 4 aromatic carbocycles. The first-order valence-electron chi connectivity index (χ1n) is 20.8. The van der Waals surface area contributed by atoms with Gasteiger partial charge in [-0.15, -0.1) is 6.58 Å². The molecule has 0 aliphatic rings. The number of hydrogen-bond donors (Lipinski definition) is 0. The number of ether oxygens (including phenoxy) is 4. The Hall–Kier alpha value is -2.41. The van der Waals surface area contributed by atoms with Gasteiger partial charge in [0, 0.05) is 17.3 Å². The van der Waals surface area contributed by atoms with E-state index in [1.54, 1.807) is 6.08 Å². The van der Waals surface area contributed by atoms with Crippen molar-refractivity contribution in [2.75, 3.05) is 13.2 Å². The minimum absolute atomic E-state index is 0.287. The van der Waals surface area contributed by atoms with Gasteiger partial charge in [0.25, 0.3) is 0 Å². The molecule has 4 rings (SSSR count). The molecule has 4 nitrogen and oxygen atoms in total. The van der Waals surface area contributed by atoms with Crippen molar-refractivity contribution in [3.05, 3.63) is 137 Å². The van der Waals surface area contributed by atoms with Crippen LogP contribution in [0.2, 0.25) is 35.2 Å². The van der Waals surface area contributed by atoms with Gasteiger partial charge in [-0.25, -0.2) is 0 Å². The molecule has 0 aliphatic carbocycles. The van der Waals surface area contributed by atoms with Crippen LogP contribution in [0.5, 0.6) is 23.0 Å². The Kier molecular flexibility index (Phi) is 18.1. The van der Waals surface area contributed by atoms with E-state index in [9.17, 15) is 0 Å². The van der Waals surface area contributed by atoms with Crippen LogP contribution >= 0.6 is 81.2 Å². The molecular weight excluding hydrogens is 913 g/mol. The third-order valence-corrected chi connectivity index (χ3v) is 14.2. The van der Waals surface area contributed by atoms with Crippen molar-refractivity contribution >= 4 is 81.2 Å². The standard InChI is InChI=1S/C50H59Cl7O4/c1-12-19-49(14-3,15-4)60-43-31(7)23-32(24-36(43)51)47(8,9)33-25-39(54)45(40(55)26-33)59-22-18-20-50(16-5,17-6)61-46-41(56)29-35(30-42(46)57)48(10,11)34-27-37(52)44(38(53)28-34)58-21-13-2/h12-13,23-30H,1-2,14-22H2,3-11H3. The highest BCUT2D eigenvalue weighted by molar-refractivity contribution is 6.38. The summed E-state index contributed by atoms with van der Waals surface area (Å²) in [4.78, 5) is 0. The number of halogens is 7. The molecule has 0 amide bonds. The van der Waals surface area contributed by atoms with Crippen molar-refractivity contribution in [3.8, 4) is 23.0 Å². The lowest BCUT2D eigenvalue weighted by molar-refractivity contribution is 0.0452. The summed E-state index contributed by atoms with van der Waals surface area (Å²) in [6, 6.07) is 15.4. The third kappa shape index (κ3) is 11.7. The van der Waals surface area contributed by atoms with Gasteiger partial charge in [-0.05, 0) is 116 Å². The number of benzene rings is 4. The van der Waals surface area contributed by atoms with Crippen LogP contribution in [0.25, 0.3) is 0 Å². The van der Waals surface area contributed by atoms with Crippen LogP contribution in [-0.4, -0.2) is 24.4 Å². The van der Waals surface area contributed by atoms with E-state index >= 15 is 0 Å². The summed E-state index contributed by atoms with van der Waals surface area (Å²) in [6.07, 6.45) is 8.71. The Labute approximate surface area is 399 Å². The fourth-order valence-corrected chi connectivity index (χ4v) is 9.68. The number of hydrogen-bond acceptors (Lipinski definition) is 4. The average Bonchev–Trinajstić information content (AvgIpc) is 3.21. The van der Waals surface area contributed by atoms with Crippen molar-refractivity contribution in [2.24, 2.45) is 0 Å². The van der Waals surface area contributed by atoms with Gasteiger partial charge >= 0.3 is 0 Å². The van der Waals surface area contributed by atoms with Gasteiger partial charge in [-0.1, -0.05) is 161 Å². The fourth-order valence-electron chi connectivity index (χ4n) is 7.62. The van der Waals surface area contributed by atoms with Crippen molar-refractivity contribution < 1.29 is 18.9 Å². The highest BCUT2D eigenvalue weighted by Crippen LogP contribution is 2.47. The Morgan fingerprint density at radius 2 is 0.852 bits per heavy atom. The molecule has 332 valence electrons. The van der Waals surface area contributed by atoms with E-state index in [1.165, 1.54) is 0 Å². The van der Waals surface area contributed by atoms with Crippen molar-refractivity contribution in [3.63, 3.8) is 0 Å². The van der Waals surface area contributed by atoms with Crippen LogP contribution in [0.4, 0.5) is 0 Å². The van der Waals surface area contributed by atoms with E-state index in [2.05, 4.69) is 74.6 Å². The molecule has 0 heterocycles. The van der Waals surface area contributed by atoms with Crippen LogP contribution in [0.15, 0.2) is 73.8 Å². The first-order valence-corrected chi connectivity index (χ1v) is 23.5. The molecule has 0 bridgehead atoms. The van der Waals surface area contributed by atoms with E-state index in [0.717, 1.165) is 59.9 Å². The molecule has 61 heavy (non-hydrogen) atoms. The highest BCUT2D eigenvalue weighted by atomic mass is 35.5. The lowest BCUT2D eigenvalue weighted by atomic mass is 9.77. The summed E-state index contributed by atoms with van der Waals surface area (Å²) in [7, 11) is 0. The highest BCUT2D eigenvalue weighted by Gasteiger charge is 2.34. The smallest absolute Gasteiger partial charge is 0.157 e. The largest absolute Gasteiger partial charge is 0.490 e. The molecule has 4 aromatic rings.